The topological polar surface area (TPSA) is 65.2 Å². The van der Waals surface area contributed by atoms with Gasteiger partial charge in [-0.2, -0.15) is 0 Å². The molecule has 1 rings (SSSR count). The van der Waals surface area contributed by atoms with E-state index in [9.17, 15) is 4.21 Å². The molecule has 14 heavy (non-hydrogen) atoms. The zero-order valence-electron chi connectivity index (χ0n) is 8.10. The van der Waals surface area contributed by atoms with Gasteiger partial charge in [0.05, 0.1) is 18.6 Å². The Kier molecular flexibility index (Phi) is 4.55. The zero-order valence-corrected chi connectivity index (χ0v) is 8.92. The minimum atomic E-state index is -0.950. The van der Waals surface area contributed by atoms with E-state index in [1.807, 2.05) is 6.07 Å². The minimum absolute atomic E-state index is 0.404. The van der Waals surface area contributed by atoms with Crippen molar-refractivity contribution >= 4 is 10.8 Å². The molecule has 1 heterocycles. The van der Waals surface area contributed by atoms with Crippen LogP contribution in [0, 0.1) is 0 Å². The summed E-state index contributed by atoms with van der Waals surface area (Å²) < 4.78 is 16.5. The van der Waals surface area contributed by atoms with Gasteiger partial charge in [0.1, 0.15) is 5.75 Å². The predicted octanol–water partition coefficient (Wildman–Crippen LogP) is 0.298. The van der Waals surface area contributed by atoms with E-state index >= 15 is 0 Å². The molecule has 0 aliphatic heterocycles. The Bertz CT molecular complexity index is 317. The third-order valence-corrected chi connectivity index (χ3v) is 3.00. The fourth-order valence-electron chi connectivity index (χ4n) is 1.07. The average Bonchev–Trinajstić information content (AvgIpc) is 2.19. The maximum absolute atomic E-state index is 11.4. The van der Waals surface area contributed by atoms with Crippen LogP contribution in [0.3, 0.4) is 0 Å². The van der Waals surface area contributed by atoms with Gasteiger partial charge in [0.2, 0.25) is 0 Å². The second-order valence-corrected chi connectivity index (χ2v) is 4.31. The van der Waals surface area contributed by atoms with E-state index in [1.54, 1.807) is 19.4 Å². The molecule has 0 saturated heterocycles. The third kappa shape index (κ3) is 3.08. The normalized spacial score (nSPS) is 12.4. The number of hydrogen-bond acceptors (Lipinski definition) is 4. The van der Waals surface area contributed by atoms with Crippen molar-refractivity contribution in [2.75, 3.05) is 19.4 Å². The number of rotatable bonds is 5. The van der Waals surface area contributed by atoms with E-state index < -0.39 is 10.8 Å². The molecule has 0 saturated carbocycles. The number of hydrogen-bond donors (Lipinski definition) is 1. The highest BCUT2D eigenvalue weighted by Gasteiger charge is 2.07. The first-order valence-corrected chi connectivity index (χ1v) is 5.79. The van der Waals surface area contributed by atoms with Crippen LogP contribution in [0.1, 0.15) is 5.69 Å². The second kappa shape index (κ2) is 5.72. The van der Waals surface area contributed by atoms with Gasteiger partial charge in [-0.1, -0.05) is 0 Å². The first-order valence-electron chi connectivity index (χ1n) is 4.31. The van der Waals surface area contributed by atoms with Crippen LogP contribution in [0.2, 0.25) is 0 Å². The summed E-state index contributed by atoms with van der Waals surface area (Å²) in [5, 5.41) is 0. The summed E-state index contributed by atoms with van der Waals surface area (Å²) in [4.78, 5) is 4.11. The molecule has 1 unspecified atom stereocenters. The van der Waals surface area contributed by atoms with Crippen LogP contribution in [0.15, 0.2) is 18.3 Å². The molecule has 1 atom stereocenters. The van der Waals surface area contributed by atoms with E-state index in [0.717, 1.165) is 5.69 Å². The van der Waals surface area contributed by atoms with Gasteiger partial charge in [-0.3, -0.25) is 9.19 Å². The number of aromatic nitrogens is 1. The molecule has 0 aliphatic carbocycles. The van der Waals surface area contributed by atoms with Crippen molar-refractivity contribution in [1.82, 2.24) is 4.98 Å². The molecular formula is C9H14N2O2S. The fraction of sp³-hybridized carbons (Fsp3) is 0.444. The summed E-state index contributed by atoms with van der Waals surface area (Å²) in [6, 6.07) is 3.59. The lowest BCUT2D eigenvalue weighted by Gasteiger charge is -2.05. The highest BCUT2D eigenvalue weighted by molar-refractivity contribution is 7.84. The largest absolute Gasteiger partial charge is 0.495 e. The van der Waals surface area contributed by atoms with Gasteiger partial charge in [-0.15, -0.1) is 0 Å². The van der Waals surface area contributed by atoms with E-state index in [4.69, 9.17) is 10.5 Å². The molecule has 5 heteroatoms. The maximum atomic E-state index is 11.4. The number of ether oxygens (including phenoxy) is 1. The Morgan fingerprint density at radius 3 is 3.07 bits per heavy atom. The zero-order chi connectivity index (χ0) is 10.4. The van der Waals surface area contributed by atoms with Crippen molar-refractivity contribution in [1.29, 1.82) is 0 Å². The summed E-state index contributed by atoms with van der Waals surface area (Å²) in [5.74, 6) is 1.58. The third-order valence-electron chi connectivity index (χ3n) is 1.71. The molecular weight excluding hydrogens is 200 g/mol. The van der Waals surface area contributed by atoms with Crippen LogP contribution < -0.4 is 10.5 Å². The lowest BCUT2D eigenvalue weighted by atomic mass is 10.3. The number of nitrogens with zero attached hydrogens (tertiary/aromatic N) is 1. The Balaban J connectivity index is 2.70. The van der Waals surface area contributed by atoms with Crippen molar-refractivity contribution in [2.45, 2.75) is 5.75 Å². The summed E-state index contributed by atoms with van der Waals surface area (Å²) in [7, 11) is 0.625. The Morgan fingerprint density at radius 2 is 2.43 bits per heavy atom. The summed E-state index contributed by atoms with van der Waals surface area (Å²) in [6.07, 6.45) is 1.66. The number of methoxy groups -OCH3 is 1. The molecule has 78 valence electrons. The molecule has 1 aromatic rings. The Labute approximate surface area is 85.9 Å². The van der Waals surface area contributed by atoms with Crippen LogP contribution >= 0.6 is 0 Å². The van der Waals surface area contributed by atoms with Gasteiger partial charge < -0.3 is 10.5 Å². The molecule has 0 radical (unpaired) electrons. The van der Waals surface area contributed by atoms with Gasteiger partial charge in [0.25, 0.3) is 0 Å². The second-order valence-electron chi connectivity index (χ2n) is 2.73. The van der Waals surface area contributed by atoms with Crippen molar-refractivity contribution in [3.8, 4) is 5.75 Å². The summed E-state index contributed by atoms with van der Waals surface area (Å²) in [6.45, 7) is 0.432. The maximum Gasteiger partial charge on any atom is 0.141 e. The van der Waals surface area contributed by atoms with Gasteiger partial charge >= 0.3 is 0 Å². The molecule has 0 fully saturated rings. The summed E-state index contributed by atoms with van der Waals surface area (Å²) >= 11 is 0. The molecule has 1 aromatic heterocycles. The van der Waals surface area contributed by atoms with Gasteiger partial charge in [0.15, 0.2) is 0 Å². The number of nitrogens with two attached hydrogens (primary N) is 1. The molecule has 0 spiro atoms. The highest BCUT2D eigenvalue weighted by Crippen LogP contribution is 2.15. The molecule has 0 bridgehead atoms. The molecule has 2 N–H and O–H groups in total. The minimum Gasteiger partial charge on any atom is -0.495 e. The standard InChI is InChI=1S/C9H14N2O2S/c1-13-9-3-2-5-11-8(9)7-14(12)6-4-10/h2-3,5H,4,6-7,10H2,1H3. The van der Waals surface area contributed by atoms with E-state index in [1.165, 1.54) is 0 Å². The van der Waals surface area contributed by atoms with Crippen molar-refractivity contribution < 1.29 is 8.95 Å². The molecule has 4 nitrogen and oxygen atoms in total. The van der Waals surface area contributed by atoms with Gasteiger partial charge in [0, 0.05) is 29.3 Å². The van der Waals surface area contributed by atoms with Crippen LogP contribution in [-0.4, -0.2) is 28.6 Å². The van der Waals surface area contributed by atoms with Crippen molar-refractivity contribution in [3.05, 3.63) is 24.0 Å². The van der Waals surface area contributed by atoms with Crippen LogP contribution in [0.4, 0.5) is 0 Å². The van der Waals surface area contributed by atoms with Crippen molar-refractivity contribution in [3.63, 3.8) is 0 Å². The van der Waals surface area contributed by atoms with Gasteiger partial charge in [-0.25, -0.2) is 0 Å². The van der Waals surface area contributed by atoms with Gasteiger partial charge in [-0.05, 0) is 12.1 Å². The van der Waals surface area contributed by atoms with Crippen LogP contribution in [-0.2, 0) is 16.6 Å². The summed E-state index contributed by atoms with van der Waals surface area (Å²) in [5.41, 5.74) is 6.03. The smallest absolute Gasteiger partial charge is 0.141 e. The first-order chi connectivity index (χ1) is 6.77. The Morgan fingerprint density at radius 1 is 1.64 bits per heavy atom. The molecule has 0 aromatic carbocycles. The lowest BCUT2D eigenvalue weighted by Crippen LogP contribution is -2.12. The fourth-order valence-corrected chi connectivity index (χ4v) is 2.00. The lowest BCUT2D eigenvalue weighted by molar-refractivity contribution is 0.408. The predicted molar refractivity (Wildman–Crippen MR) is 56.6 cm³/mol. The average molecular weight is 214 g/mol. The van der Waals surface area contributed by atoms with Crippen LogP contribution in [0.25, 0.3) is 0 Å². The van der Waals surface area contributed by atoms with Crippen LogP contribution in [0.5, 0.6) is 5.75 Å². The molecule has 0 aliphatic rings. The monoisotopic (exact) mass is 214 g/mol. The quantitative estimate of drug-likeness (QED) is 0.765. The van der Waals surface area contributed by atoms with E-state index in [0.29, 0.717) is 23.8 Å². The number of pyridine rings is 1. The first kappa shape index (κ1) is 11.1. The molecule has 0 amide bonds. The van der Waals surface area contributed by atoms with E-state index in [-0.39, 0.29) is 0 Å². The highest BCUT2D eigenvalue weighted by atomic mass is 32.2. The van der Waals surface area contributed by atoms with Crippen molar-refractivity contribution in [2.24, 2.45) is 5.73 Å². The SMILES string of the molecule is COc1cccnc1CS(=O)CCN. The Hall–Kier alpha value is -0.940. The van der Waals surface area contributed by atoms with E-state index in [2.05, 4.69) is 4.98 Å².